The van der Waals surface area contributed by atoms with Crippen LogP contribution in [0.1, 0.15) is 31.4 Å². The van der Waals surface area contributed by atoms with Crippen molar-refractivity contribution in [3.8, 4) is 0 Å². The smallest absolute Gasteiger partial charge is 0.246 e. The van der Waals surface area contributed by atoms with E-state index in [9.17, 15) is 9.59 Å². The lowest BCUT2D eigenvalue weighted by atomic mass is 10.0. The fourth-order valence-corrected chi connectivity index (χ4v) is 3.34. The monoisotopic (exact) mass is 326 g/mol. The second-order valence-electron chi connectivity index (χ2n) is 5.69. The average Bonchev–Trinajstić information content (AvgIpc) is 3.24. The molecule has 0 spiro atoms. The molecule has 4 nitrogen and oxygen atoms in total. The minimum Gasteiger partial charge on any atom is -0.342 e. The fourth-order valence-electron chi connectivity index (χ4n) is 2.78. The van der Waals surface area contributed by atoms with Gasteiger partial charge in [-0.25, -0.2) is 0 Å². The number of amides is 2. The number of carbonyl (C=O) groups excluding carboxylic acids is 2. The molecule has 2 atom stereocenters. The minimum absolute atomic E-state index is 0.0179. The third kappa shape index (κ3) is 2.87. The molecular formula is C15H16Cl2N2O2. The maximum Gasteiger partial charge on any atom is 0.246 e. The third-order valence-electron chi connectivity index (χ3n) is 4.15. The summed E-state index contributed by atoms with van der Waals surface area (Å²) in [4.78, 5) is 26.1. The van der Waals surface area contributed by atoms with Crippen molar-refractivity contribution in [1.82, 2.24) is 10.2 Å². The van der Waals surface area contributed by atoms with Crippen LogP contribution in [0.4, 0.5) is 0 Å². The Morgan fingerprint density at radius 2 is 2.00 bits per heavy atom. The van der Waals surface area contributed by atoms with E-state index in [1.807, 2.05) is 6.92 Å². The number of benzene rings is 1. The van der Waals surface area contributed by atoms with Gasteiger partial charge in [0.15, 0.2) is 0 Å². The Balaban J connectivity index is 1.86. The van der Waals surface area contributed by atoms with Crippen LogP contribution in [0, 0.1) is 5.92 Å². The molecule has 0 radical (unpaired) electrons. The first kappa shape index (κ1) is 14.7. The van der Waals surface area contributed by atoms with Gasteiger partial charge in [-0.1, -0.05) is 29.3 Å². The molecule has 1 aliphatic heterocycles. The van der Waals surface area contributed by atoms with Crippen molar-refractivity contribution in [3.63, 3.8) is 0 Å². The molecule has 1 saturated heterocycles. The summed E-state index contributed by atoms with van der Waals surface area (Å²) in [5, 5.41) is 3.87. The SMILES string of the molecule is CC(c1ccc(Cl)cc1Cl)N1CC(=O)NC(C2CC2)C1=O. The minimum atomic E-state index is -0.375. The predicted molar refractivity (Wildman–Crippen MR) is 81.2 cm³/mol. The van der Waals surface area contributed by atoms with E-state index < -0.39 is 0 Å². The van der Waals surface area contributed by atoms with Crippen LogP contribution in [0.5, 0.6) is 0 Å². The highest BCUT2D eigenvalue weighted by atomic mass is 35.5. The first-order valence-corrected chi connectivity index (χ1v) is 7.77. The van der Waals surface area contributed by atoms with Gasteiger partial charge < -0.3 is 10.2 Å². The van der Waals surface area contributed by atoms with E-state index in [1.54, 1.807) is 23.1 Å². The molecule has 2 aliphatic rings. The summed E-state index contributed by atoms with van der Waals surface area (Å²) in [6, 6.07) is 4.57. The van der Waals surface area contributed by atoms with Gasteiger partial charge in [0.05, 0.1) is 6.04 Å². The lowest BCUT2D eigenvalue weighted by Gasteiger charge is -2.37. The average molecular weight is 327 g/mol. The van der Waals surface area contributed by atoms with Crippen molar-refractivity contribution in [2.45, 2.75) is 31.8 Å². The third-order valence-corrected chi connectivity index (χ3v) is 4.72. The number of carbonyl (C=O) groups is 2. The molecule has 0 aromatic heterocycles. The Kier molecular flexibility index (Phi) is 3.84. The van der Waals surface area contributed by atoms with Crippen LogP contribution in [0.15, 0.2) is 18.2 Å². The van der Waals surface area contributed by atoms with Crippen LogP contribution in [-0.2, 0) is 9.59 Å². The summed E-state index contributed by atoms with van der Waals surface area (Å²) in [7, 11) is 0. The first-order chi connectivity index (χ1) is 9.97. The van der Waals surface area contributed by atoms with Crippen LogP contribution in [-0.4, -0.2) is 29.3 Å². The Morgan fingerprint density at radius 3 is 2.62 bits per heavy atom. The molecule has 1 aromatic carbocycles. The molecule has 21 heavy (non-hydrogen) atoms. The van der Waals surface area contributed by atoms with Gasteiger partial charge in [-0.2, -0.15) is 0 Å². The van der Waals surface area contributed by atoms with Gasteiger partial charge in [0.2, 0.25) is 11.8 Å². The molecule has 1 N–H and O–H groups in total. The van der Waals surface area contributed by atoms with Gasteiger partial charge >= 0.3 is 0 Å². The molecule has 112 valence electrons. The second kappa shape index (κ2) is 5.50. The predicted octanol–water partition coefficient (Wildman–Crippen LogP) is 2.79. The molecule has 2 amide bonds. The molecule has 1 saturated carbocycles. The standard InChI is InChI=1S/C15H16Cl2N2O2/c1-8(11-5-4-10(16)6-12(11)17)19-7-13(20)18-14(15(19)21)9-2-3-9/h4-6,8-9,14H,2-3,7H2,1H3,(H,18,20). The molecule has 2 unspecified atom stereocenters. The first-order valence-electron chi connectivity index (χ1n) is 7.02. The number of nitrogens with zero attached hydrogens (tertiary/aromatic N) is 1. The van der Waals surface area contributed by atoms with Crippen molar-refractivity contribution >= 4 is 35.0 Å². The van der Waals surface area contributed by atoms with Gasteiger partial charge in [-0.05, 0) is 43.4 Å². The zero-order valence-corrected chi connectivity index (χ0v) is 13.1. The lowest BCUT2D eigenvalue weighted by Crippen LogP contribution is -2.59. The van der Waals surface area contributed by atoms with E-state index in [1.165, 1.54) is 0 Å². The summed E-state index contributed by atoms with van der Waals surface area (Å²) in [5.41, 5.74) is 0.804. The lowest BCUT2D eigenvalue weighted by molar-refractivity contribution is -0.147. The molecule has 3 rings (SSSR count). The van der Waals surface area contributed by atoms with Crippen LogP contribution < -0.4 is 5.32 Å². The van der Waals surface area contributed by atoms with E-state index in [4.69, 9.17) is 23.2 Å². The van der Waals surface area contributed by atoms with Crippen molar-refractivity contribution in [2.75, 3.05) is 6.54 Å². The highest BCUT2D eigenvalue weighted by molar-refractivity contribution is 6.35. The van der Waals surface area contributed by atoms with E-state index in [0.29, 0.717) is 10.0 Å². The number of halogens is 2. The Bertz CT molecular complexity index is 601. The van der Waals surface area contributed by atoms with Crippen LogP contribution in [0.25, 0.3) is 0 Å². The number of hydrogen-bond acceptors (Lipinski definition) is 2. The van der Waals surface area contributed by atoms with Crippen LogP contribution in [0.2, 0.25) is 10.0 Å². The number of piperazine rings is 1. The van der Waals surface area contributed by atoms with Gasteiger partial charge in [0.1, 0.15) is 12.6 Å². The topological polar surface area (TPSA) is 49.4 Å². The van der Waals surface area contributed by atoms with E-state index in [-0.39, 0.29) is 36.4 Å². The number of rotatable bonds is 3. The highest BCUT2D eigenvalue weighted by Crippen LogP contribution is 2.37. The van der Waals surface area contributed by atoms with Crippen molar-refractivity contribution in [2.24, 2.45) is 5.92 Å². The molecule has 0 bridgehead atoms. The largest absolute Gasteiger partial charge is 0.342 e. The van der Waals surface area contributed by atoms with Crippen LogP contribution >= 0.6 is 23.2 Å². The Morgan fingerprint density at radius 1 is 1.29 bits per heavy atom. The number of hydrogen-bond donors (Lipinski definition) is 1. The van der Waals surface area contributed by atoms with Gasteiger partial charge in [0.25, 0.3) is 0 Å². The molecule has 1 aliphatic carbocycles. The molecule has 1 heterocycles. The van der Waals surface area contributed by atoms with Crippen molar-refractivity contribution < 1.29 is 9.59 Å². The Hall–Kier alpha value is -1.26. The van der Waals surface area contributed by atoms with E-state index in [0.717, 1.165) is 18.4 Å². The van der Waals surface area contributed by atoms with E-state index in [2.05, 4.69) is 5.32 Å². The molecular weight excluding hydrogens is 311 g/mol. The van der Waals surface area contributed by atoms with Crippen LogP contribution in [0.3, 0.4) is 0 Å². The maximum absolute atomic E-state index is 12.6. The quantitative estimate of drug-likeness (QED) is 0.928. The summed E-state index contributed by atoms with van der Waals surface area (Å²) >= 11 is 12.1. The summed E-state index contributed by atoms with van der Waals surface area (Å²) in [5.74, 6) is 0.163. The van der Waals surface area contributed by atoms with E-state index >= 15 is 0 Å². The number of nitrogens with one attached hydrogen (secondary N) is 1. The highest BCUT2D eigenvalue weighted by Gasteiger charge is 2.44. The molecule has 2 fully saturated rings. The molecule has 1 aromatic rings. The van der Waals surface area contributed by atoms with Gasteiger partial charge in [0, 0.05) is 10.0 Å². The summed E-state index contributed by atoms with van der Waals surface area (Å²) in [6.07, 6.45) is 2.00. The summed E-state index contributed by atoms with van der Waals surface area (Å²) in [6.45, 7) is 1.96. The fraction of sp³-hybridized carbons (Fsp3) is 0.467. The summed E-state index contributed by atoms with van der Waals surface area (Å²) < 4.78 is 0. The molecule has 6 heteroatoms. The Labute approximate surface area is 133 Å². The zero-order valence-electron chi connectivity index (χ0n) is 11.6. The zero-order chi connectivity index (χ0) is 15.1. The van der Waals surface area contributed by atoms with Crippen molar-refractivity contribution in [1.29, 1.82) is 0 Å². The van der Waals surface area contributed by atoms with Gasteiger partial charge in [-0.15, -0.1) is 0 Å². The van der Waals surface area contributed by atoms with Gasteiger partial charge in [-0.3, -0.25) is 9.59 Å². The van der Waals surface area contributed by atoms with Crippen molar-refractivity contribution in [3.05, 3.63) is 33.8 Å². The second-order valence-corrected chi connectivity index (χ2v) is 6.53. The maximum atomic E-state index is 12.6. The normalized spacial score (nSPS) is 24.0.